The summed E-state index contributed by atoms with van der Waals surface area (Å²) in [4.78, 5) is 18.4. The van der Waals surface area contributed by atoms with E-state index in [2.05, 4.69) is 15.3 Å². The molecule has 0 aliphatic rings. The van der Waals surface area contributed by atoms with Gasteiger partial charge in [-0.15, -0.1) is 0 Å². The highest BCUT2D eigenvalue weighted by molar-refractivity contribution is 5.75. The van der Waals surface area contributed by atoms with Crippen molar-refractivity contribution in [1.29, 1.82) is 0 Å². The van der Waals surface area contributed by atoms with Crippen LogP contribution < -0.4 is 10.1 Å². The SMILES string of the molecule is O=C(CCOc1ccc(F)cc1)NCc1ncc[nH]1. The largest absolute Gasteiger partial charge is 0.493 e. The molecule has 5 nitrogen and oxygen atoms in total. The molecule has 0 saturated carbocycles. The number of nitrogens with zero attached hydrogens (tertiary/aromatic N) is 1. The van der Waals surface area contributed by atoms with Crippen molar-refractivity contribution in [2.24, 2.45) is 0 Å². The molecule has 2 rings (SSSR count). The van der Waals surface area contributed by atoms with E-state index in [1.165, 1.54) is 24.3 Å². The molecule has 1 amide bonds. The van der Waals surface area contributed by atoms with Gasteiger partial charge in [0.2, 0.25) is 5.91 Å². The summed E-state index contributed by atoms with van der Waals surface area (Å²) in [6.45, 7) is 0.609. The fourth-order valence-electron chi connectivity index (χ4n) is 1.46. The maximum atomic E-state index is 12.6. The Morgan fingerprint density at radius 2 is 2.16 bits per heavy atom. The van der Waals surface area contributed by atoms with Gasteiger partial charge in [-0.25, -0.2) is 9.37 Å². The number of benzene rings is 1. The molecule has 0 atom stereocenters. The Morgan fingerprint density at radius 3 is 2.84 bits per heavy atom. The predicted molar refractivity (Wildman–Crippen MR) is 66.9 cm³/mol. The summed E-state index contributed by atoms with van der Waals surface area (Å²) in [7, 11) is 0. The molecule has 0 spiro atoms. The average Bonchev–Trinajstić information content (AvgIpc) is 2.92. The second kappa shape index (κ2) is 6.53. The van der Waals surface area contributed by atoms with E-state index in [1.807, 2.05) is 0 Å². The molecular weight excluding hydrogens is 249 g/mol. The third-order valence-electron chi connectivity index (χ3n) is 2.42. The number of aromatic amines is 1. The highest BCUT2D eigenvalue weighted by Gasteiger charge is 2.03. The van der Waals surface area contributed by atoms with Crippen molar-refractivity contribution in [1.82, 2.24) is 15.3 Å². The number of imidazole rings is 1. The fourth-order valence-corrected chi connectivity index (χ4v) is 1.46. The second-order valence-electron chi connectivity index (χ2n) is 3.86. The van der Waals surface area contributed by atoms with Crippen molar-refractivity contribution in [3.05, 3.63) is 48.3 Å². The number of H-pyrrole nitrogens is 1. The van der Waals surface area contributed by atoms with Crippen molar-refractivity contribution >= 4 is 5.91 Å². The van der Waals surface area contributed by atoms with Crippen LogP contribution in [-0.4, -0.2) is 22.5 Å². The van der Waals surface area contributed by atoms with Gasteiger partial charge in [0.15, 0.2) is 0 Å². The number of halogens is 1. The number of amides is 1. The number of hydrogen-bond donors (Lipinski definition) is 2. The van der Waals surface area contributed by atoms with Gasteiger partial charge in [-0.05, 0) is 24.3 Å². The zero-order chi connectivity index (χ0) is 13.5. The molecule has 2 aromatic rings. The van der Waals surface area contributed by atoms with Crippen molar-refractivity contribution in [2.75, 3.05) is 6.61 Å². The summed E-state index contributed by atoms with van der Waals surface area (Å²) in [5.74, 6) is 0.801. The summed E-state index contributed by atoms with van der Waals surface area (Å²) in [5, 5.41) is 2.71. The van der Waals surface area contributed by atoms with Crippen LogP contribution in [0.15, 0.2) is 36.7 Å². The van der Waals surface area contributed by atoms with Gasteiger partial charge >= 0.3 is 0 Å². The molecule has 0 aliphatic carbocycles. The first-order valence-corrected chi connectivity index (χ1v) is 5.87. The summed E-state index contributed by atoms with van der Waals surface area (Å²) in [6, 6.07) is 5.67. The zero-order valence-electron chi connectivity index (χ0n) is 10.2. The first-order chi connectivity index (χ1) is 9.24. The van der Waals surface area contributed by atoms with E-state index < -0.39 is 0 Å². The van der Waals surface area contributed by atoms with Crippen LogP contribution in [0, 0.1) is 5.82 Å². The molecule has 2 N–H and O–H groups in total. The molecule has 19 heavy (non-hydrogen) atoms. The molecule has 6 heteroatoms. The summed E-state index contributed by atoms with van der Waals surface area (Å²) >= 11 is 0. The lowest BCUT2D eigenvalue weighted by Crippen LogP contribution is -2.24. The molecule has 0 radical (unpaired) electrons. The number of carbonyl (C=O) groups excluding carboxylic acids is 1. The Balaban J connectivity index is 1.65. The summed E-state index contributed by atoms with van der Waals surface area (Å²) in [5.41, 5.74) is 0. The highest BCUT2D eigenvalue weighted by Crippen LogP contribution is 2.10. The average molecular weight is 263 g/mol. The Bertz CT molecular complexity index is 511. The lowest BCUT2D eigenvalue weighted by Gasteiger charge is -2.06. The standard InChI is InChI=1S/C13H14FN3O2/c14-10-1-3-11(4-2-10)19-8-5-13(18)17-9-12-15-6-7-16-12/h1-4,6-7H,5,8-9H2,(H,15,16)(H,17,18). The van der Waals surface area contributed by atoms with E-state index in [-0.39, 0.29) is 24.8 Å². The minimum absolute atomic E-state index is 0.126. The topological polar surface area (TPSA) is 67.0 Å². The van der Waals surface area contributed by atoms with E-state index >= 15 is 0 Å². The first kappa shape index (κ1) is 13.1. The van der Waals surface area contributed by atoms with Crippen LogP contribution in [0.2, 0.25) is 0 Å². The molecule has 0 aliphatic heterocycles. The number of aromatic nitrogens is 2. The minimum atomic E-state index is -0.316. The van der Waals surface area contributed by atoms with E-state index in [0.717, 1.165) is 0 Å². The maximum absolute atomic E-state index is 12.6. The van der Waals surface area contributed by atoms with Crippen LogP contribution in [-0.2, 0) is 11.3 Å². The molecule has 1 heterocycles. The van der Waals surface area contributed by atoms with E-state index in [4.69, 9.17) is 4.74 Å². The van der Waals surface area contributed by atoms with Crippen LogP contribution in [0.3, 0.4) is 0 Å². The Hall–Kier alpha value is -2.37. The van der Waals surface area contributed by atoms with Crippen LogP contribution in [0.5, 0.6) is 5.75 Å². The van der Waals surface area contributed by atoms with Crippen LogP contribution in [0.1, 0.15) is 12.2 Å². The minimum Gasteiger partial charge on any atom is -0.493 e. The summed E-state index contributed by atoms with van der Waals surface area (Å²) < 4.78 is 18.0. The van der Waals surface area contributed by atoms with Gasteiger partial charge < -0.3 is 15.0 Å². The third kappa shape index (κ3) is 4.42. The number of rotatable bonds is 6. The molecule has 0 unspecified atom stereocenters. The molecule has 0 fully saturated rings. The third-order valence-corrected chi connectivity index (χ3v) is 2.42. The lowest BCUT2D eigenvalue weighted by molar-refractivity contribution is -0.121. The molecule has 0 bridgehead atoms. The molecule has 1 aromatic carbocycles. The van der Waals surface area contributed by atoms with Gasteiger partial charge in [0.25, 0.3) is 0 Å². The van der Waals surface area contributed by atoms with Gasteiger partial charge in [0, 0.05) is 12.4 Å². The monoisotopic (exact) mass is 263 g/mol. The Labute approximate surface area is 109 Å². The predicted octanol–water partition coefficient (Wildman–Crippen LogP) is 1.63. The Morgan fingerprint density at radius 1 is 1.37 bits per heavy atom. The molecule has 100 valence electrons. The van der Waals surface area contributed by atoms with E-state index in [9.17, 15) is 9.18 Å². The number of hydrogen-bond acceptors (Lipinski definition) is 3. The highest BCUT2D eigenvalue weighted by atomic mass is 19.1. The normalized spacial score (nSPS) is 10.2. The molecular formula is C13H14FN3O2. The van der Waals surface area contributed by atoms with Crippen molar-refractivity contribution in [3.63, 3.8) is 0 Å². The summed E-state index contributed by atoms with van der Waals surface area (Å²) in [6.07, 6.45) is 3.55. The first-order valence-electron chi connectivity index (χ1n) is 5.87. The fraction of sp³-hybridized carbons (Fsp3) is 0.231. The second-order valence-corrected chi connectivity index (χ2v) is 3.86. The molecule has 0 saturated heterocycles. The van der Waals surface area contributed by atoms with Crippen LogP contribution in [0.25, 0.3) is 0 Å². The van der Waals surface area contributed by atoms with Gasteiger partial charge in [0.05, 0.1) is 19.6 Å². The van der Waals surface area contributed by atoms with Gasteiger partial charge in [-0.3, -0.25) is 4.79 Å². The van der Waals surface area contributed by atoms with Crippen molar-refractivity contribution in [3.8, 4) is 5.75 Å². The lowest BCUT2D eigenvalue weighted by atomic mass is 10.3. The quantitative estimate of drug-likeness (QED) is 0.832. The van der Waals surface area contributed by atoms with Crippen molar-refractivity contribution < 1.29 is 13.9 Å². The number of carbonyl (C=O) groups is 1. The number of nitrogens with one attached hydrogen (secondary N) is 2. The van der Waals surface area contributed by atoms with E-state index in [0.29, 0.717) is 18.1 Å². The van der Waals surface area contributed by atoms with Gasteiger partial charge in [-0.1, -0.05) is 0 Å². The van der Waals surface area contributed by atoms with Crippen molar-refractivity contribution in [2.45, 2.75) is 13.0 Å². The van der Waals surface area contributed by atoms with Gasteiger partial charge in [-0.2, -0.15) is 0 Å². The number of ether oxygens (including phenoxy) is 1. The maximum Gasteiger partial charge on any atom is 0.223 e. The van der Waals surface area contributed by atoms with E-state index in [1.54, 1.807) is 12.4 Å². The van der Waals surface area contributed by atoms with Crippen LogP contribution >= 0.6 is 0 Å². The molecule has 1 aromatic heterocycles. The Kier molecular flexibility index (Phi) is 4.49. The van der Waals surface area contributed by atoms with Gasteiger partial charge in [0.1, 0.15) is 17.4 Å². The zero-order valence-corrected chi connectivity index (χ0v) is 10.2. The smallest absolute Gasteiger partial charge is 0.223 e. The van der Waals surface area contributed by atoms with Crippen LogP contribution in [0.4, 0.5) is 4.39 Å².